The zero-order valence-corrected chi connectivity index (χ0v) is 45.1. The number of aliphatic hydroxyl groups is 2. The average molecular weight is 945 g/mol. The molecule has 6 heteroatoms. The van der Waals surface area contributed by atoms with Crippen LogP contribution < -0.4 is 5.32 Å². The molecule has 0 aromatic carbocycles. The van der Waals surface area contributed by atoms with Crippen LogP contribution in [0.4, 0.5) is 0 Å². The number of amides is 1. The molecule has 6 nitrogen and oxygen atoms in total. The van der Waals surface area contributed by atoms with Gasteiger partial charge in [0, 0.05) is 12.8 Å². The molecule has 0 radical (unpaired) electrons. The Morgan fingerprint density at radius 2 is 0.701 bits per heavy atom. The van der Waals surface area contributed by atoms with E-state index in [2.05, 4.69) is 31.3 Å². The maximum absolute atomic E-state index is 12.5. The maximum Gasteiger partial charge on any atom is 0.305 e. The number of rotatable bonds is 56. The maximum atomic E-state index is 12.5. The highest BCUT2D eigenvalue weighted by Gasteiger charge is 2.18. The topological polar surface area (TPSA) is 95.9 Å². The van der Waals surface area contributed by atoms with Crippen LogP contribution in [0.25, 0.3) is 0 Å². The number of hydrogen-bond acceptors (Lipinski definition) is 5. The van der Waals surface area contributed by atoms with Gasteiger partial charge in [-0.2, -0.15) is 0 Å². The van der Waals surface area contributed by atoms with E-state index >= 15 is 0 Å². The SMILES string of the molecule is CCCCCCCCCCCCCCC/C=C/C(O)C(CO)NC(=O)CCCCCCCCC/C=C\CCCCCCCCCCOC(=O)CCCCCCCCCCCCCCCCCC. The third-order valence-corrected chi connectivity index (χ3v) is 14.0. The van der Waals surface area contributed by atoms with Crippen molar-refractivity contribution in [2.45, 2.75) is 341 Å². The number of carbonyl (C=O) groups excluding carboxylic acids is 2. The molecule has 0 fully saturated rings. The van der Waals surface area contributed by atoms with E-state index in [9.17, 15) is 19.8 Å². The molecule has 2 atom stereocenters. The molecule has 0 aliphatic rings. The summed E-state index contributed by atoms with van der Waals surface area (Å²) < 4.78 is 5.48. The summed E-state index contributed by atoms with van der Waals surface area (Å²) in [5.41, 5.74) is 0. The van der Waals surface area contributed by atoms with Gasteiger partial charge in [-0.15, -0.1) is 0 Å². The molecule has 67 heavy (non-hydrogen) atoms. The van der Waals surface area contributed by atoms with E-state index in [1.165, 1.54) is 257 Å². The highest BCUT2D eigenvalue weighted by Crippen LogP contribution is 2.17. The first kappa shape index (κ1) is 65.3. The van der Waals surface area contributed by atoms with Gasteiger partial charge >= 0.3 is 5.97 Å². The van der Waals surface area contributed by atoms with Crippen LogP contribution in [0.15, 0.2) is 24.3 Å². The van der Waals surface area contributed by atoms with Crippen molar-refractivity contribution in [3.05, 3.63) is 24.3 Å². The second kappa shape index (κ2) is 56.9. The van der Waals surface area contributed by atoms with Gasteiger partial charge in [-0.1, -0.05) is 282 Å². The Balaban J connectivity index is 3.44. The van der Waals surface area contributed by atoms with Crippen LogP contribution in [-0.4, -0.2) is 47.4 Å². The van der Waals surface area contributed by atoms with Crippen molar-refractivity contribution in [3.8, 4) is 0 Å². The minimum Gasteiger partial charge on any atom is -0.466 e. The second-order valence-corrected chi connectivity index (χ2v) is 20.7. The van der Waals surface area contributed by atoms with Crippen molar-refractivity contribution < 1.29 is 24.5 Å². The van der Waals surface area contributed by atoms with Crippen molar-refractivity contribution in [2.24, 2.45) is 0 Å². The van der Waals surface area contributed by atoms with E-state index in [4.69, 9.17) is 4.74 Å². The van der Waals surface area contributed by atoms with Crippen molar-refractivity contribution in [2.75, 3.05) is 13.2 Å². The molecule has 2 unspecified atom stereocenters. The van der Waals surface area contributed by atoms with E-state index in [0.717, 1.165) is 44.9 Å². The largest absolute Gasteiger partial charge is 0.466 e. The van der Waals surface area contributed by atoms with Crippen LogP contribution in [-0.2, 0) is 14.3 Å². The third-order valence-electron chi connectivity index (χ3n) is 14.0. The fraction of sp³-hybridized carbons (Fsp3) is 0.902. The molecule has 396 valence electrons. The number of unbranched alkanes of at least 4 members (excludes halogenated alkanes) is 43. The van der Waals surface area contributed by atoms with Crippen molar-refractivity contribution in [1.29, 1.82) is 0 Å². The zero-order chi connectivity index (χ0) is 48.6. The van der Waals surface area contributed by atoms with Crippen molar-refractivity contribution >= 4 is 11.9 Å². The summed E-state index contributed by atoms with van der Waals surface area (Å²) in [6, 6.07) is -0.634. The molecule has 0 aliphatic heterocycles. The summed E-state index contributed by atoms with van der Waals surface area (Å²) in [4.78, 5) is 24.5. The van der Waals surface area contributed by atoms with Crippen LogP contribution in [0.2, 0.25) is 0 Å². The zero-order valence-electron chi connectivity index (χ0n) is 45.1. The van der Waals surface area contributed by atoms with Crippen LogP contribution in [0.3, 0.4) is 0 Å². The lowest BCUT2D eigenvalue weighted by atomic mass is 10.0. The fourth-order valence-corrected chi connectivity index (χ4v) is 9.34. The molecular weight excluding hydrogens is 827 g/mol. The van der Waals surface area contributed by atoms with Gasteiger partial charge in [-0.05, 0) is 57.8 Å². The van der Waals surface area contributed by atoms with E-state index in [1.54, 1.807) is 6.08 Å². The molecule has 0 aromatic heterocycles. The van der Waals surface area contributed by atoms with Gasteiger partial charge < -0.3 is 20.3 Å². The number of nitrogens with one attached hydrogen (secondary N) is 1. The van der Waals surface area contributed by atoms with Gasteiger partial charge in [0.1, 0.15) is 0 Å². The van der Waals surface area contributed by atoms with Gasteiger partial charge in [0.2, 0.25) is 5.91 Å². The lowest BCUT2D eigenvalue weighted by Gasteiger charge is -2.20. The average Bonchev–Trinajstić information content (AvgIpc) is 3.33. The molecule has 0 rings (SSSR count). The Labute approximate surface area is 418 Å². The third kappa shape index (κ3) is 53.5. The Bertz CT molecular complexity index is 1040. The first-order chi connectivity index (χ1) is 33.0. The van der Waals surface area contributed by atoms with Crippen LogP contribution >= 0.6 is 0 Å². The van der Waals surface area contributed by atoms with E-state index in [0.29, 0.717) is 19.4 Å². The Morgan fingerprint density at radius 3 is 1.06 bits per heavy atom. The van der Waals surface area contributed by atoms with E-state index in [-0.39, 0.29) is 18.5 Å². The highest BCUT2D eigenvalue weighted by atomic mass is 16.5. The number of hydrogen-bond donors (Lipinski definition) is 3. The van der Waals surface area contributed by atoms with E-state index < -0.39 is 12.1 Å². The summed E-state index contributed by atoms with van der Waals surface area (Å²) in [6.45, 7) is 4.91. The minimum atomic E-state index is -0.850. The summed E-state index contributed by atoms with van der Waals surface area (Å²) in [5, 5.41) is 23.1. The van der Waals surface area contributed by atoms with Crippen LogP contribution in [0.1, 0.15) is 328 Å². The quantitative estimate of drug-likeness (QED) is 0.0321. The highest BCUT2D eigenvalue weighted by molar-refractivity contribution is 5.76. The molecule has 3 N–H and O–H groups in total. The van der Waals surface area contributed by atoms with Crippen molar-refractivity contribution in [3.63, 3.8) is 0 Å². The molecule has 0 saturated carbocycles. The molecule has 0 saturated heterocycles. The first-order valence-electron chi connectivity index (χ1n) is 30.1. The summed E-state index contributed by atoms with van der Waals surface area (Å²) in [6.07, 6.45) is 69.2. The van der Waals surface area contributed by atoms with Crippen LogP contribution in [0, 0.1) is 0 Å². The van der Waals surface area contributed by atoms with Gasteiger partial charge in [0.25, 0.3) is 0 Å². The molecule has 0 aliphatic carbocycles. The number of allylic oxidation sites excluding steroid dienone is 3. The normalized spacial score (nSPS) is 12.7. The molecule has 1 amide bonds. The standard InChI is InChI=1S/C61H117NO5/c1-3-5-7-9-11-13-15-17-19-27-31-35-39-43-47-51-55-61(66)67-56-52-48-44-40-36-32-28-24-22-20-21-23-26-30-34-38-42-46-50-54-60(65)62-58(57-63)59(64)53-49-45-41-37-33-29-25-18-16-14-12-10-8-6-4-2/h20-21,49,53,58-59,63-64H,3-19,22-48,50-52,54-57H2,1-2H3,(H,62,65)/b21-20-,53-49+. The minimum absolute atomic E-state index is 0.00686. The lowest BCUT2D eigenvalue weighted by Crippen LogP contribution is -2.45. The number of ether oxygens (including phenoxy) is 1. The fourth-order valence-electron chi connectivity index (χ4n) is 9.34. The van der Waals surface area contributed by atoms with Crippen LogP contribution in [0.5, 0.6) is 0 Å². The predicted octanol–water partition coefficient (Wildman–Crippen LogP) is 18.6. The molecule has 0 spiro atoms. The van der Waals surface area contributed by atoms with Gasteiger partial charge in [0.15, 0.2) is 0 Å². The van der Waals surface area contributed by atoms with Gasteiger partial charge in [-0.25, -0.2) is 0 Å². The summed E-state index contributed by atoms with van der Waals surface area (Å²) in [7, 11) is 0. The molecule has 0 aromatic rings. The van der Waals surface area contributed by atoms with Gasteiger partial charge in [-0.3, -0.25) is 9.59 Å². The monoisotopic (exact) mass is 944 g/mol. The Hall–Kier alpha value is -1.66. The molecule has 0 bridgehead atoms. The smallest absolute Gasteiger partial charge is 0.305 e. The second-order valence-electron chi connectivity index (χ2n) is 20.7. The Morgan fingerprint density at radius 1 is 0.403 bits per heavy atom. The number of esters is 1. The number of carbonyl (C=O) groups is 2. The summed E-state index contributed by atoms with van der Waals surface area (Å²) >= 11 is 0. The predicted molar refractivity (Wildman–Crippen MR) is 292 cm³/mol. The summed E-state index contributed by atoms with van der Waals surface area (Å²) in [5.74, 6) is -0.0693. The molecule has 0 heterocycles. The van der Waals surface area contributed by atoms with Gasteiger partial charge in [0.05, 0.1) is 25.4 Å². The number of aliphatic hydroxyl groups excluding tert-OH is 2. The van der Waals surface area contributed by atoms with E-state index in [1.807, 2.05) is 6.08 Å². The van der Waals surface area contributed by atoms with Crippen molar-refractivity contribution in [1.82, 2.24) is 5.32 Å². The first-order valence-corrected chi connectivity index (χ1v) is 30.1. The Kier molecular flexibility index (Phi) is 55.5. The molecular formula is C61H117NO5. The lowest BCUT2D eigenvalue weighted by molar-refractivity contribution is -0.143.